The van der Waals surface area contributed by atoms with Crippen LogP contribution in [-0.4, -0.2) is 31.9 Å². The van der Waals surface area contributed by atoms with Crippen molar-refractivity contribution in [1.29, 1.82) is 0 Å². The van der Waals surface area contributed by atoms with E-state index in [2.05, 4.69) is 0 Å². The number of nitrogens with two attached hydrogens (primary N) is 1. The summed E-state index contributed by atoms with van der Waals surface area (Å²) in [5.41, 5.74) is 7.14. The van der Waals surface area contributed by atoms with Gasteiger partial charge in [0.15, 0.2) is 5.75 Å². The van der Waals surface area contributed by atoms with Gasteiger partial charge in [-0.15, -0.1) is 0 Å². The molecule has 1 aromatic carbocycles. The molecule has 6 heteroatoms. The molecule has 20 heavy (non-hydrogen) atoms. The number of aliphatic carboxylic acids is 1. The highest BCUT2D eigenvalue weighted by Gasteiger charge is 2.15. The zero-order chi connectivity index (χ0) is 15.1. The topological polar surface area (TPSA) is 91.0 Å². The van der Waals surface area contributed by atoms with Crippen LogP contribution in [0.5, 0.6) is 17.2 Å². The number of benzene rings is 1. The number of nitrogen functional groups attached to an aromatic ring is 1. The number of ether oxygens (including phenoxy) is 3. The number of carboxylic acid groups (broad SMARTS) is 1. The lowest BCUT2D eigenvalue weighted by Crippen LogP contribution is -2.04. The third kappa shape index (κ3) is 3.94. The van der Waals surface area contributed by atoms with Crippen molar-refractivity contribution < 1.29 is 24.1 Å². The second-order valence-electron chi connectivity index (χ2n) is 4.35. The lowest BCUT2D eigenvalue weighted by atomic mass is 10.1. The van der Waals surface area contributed by atoms with Crippen molar-refractivity contribution in [1.82, 2.24) is 0 Å². The molecule has 3 N–H and O–H groups in total. The molecule has 112 valence electrons. The molecule has 6 nitrogen and oxygen atoms in total. The molecular formula is C14H21NO5. The molecular weight excluding hydrogens is 262 g/mol. The molecule has 1 rings (SSSR count). The van der Waals surface area contributed by atoms with Gasteiger partial charge in [0.25, 0.3) is 0 Å². The Morgan fingerprint density at radius 3 is 2.50 bits per heavy atom. The van der Waals surface area contributed by atoms with Crippen molar-refractivity contribution in [2.45, 2.75) is 26.2 Å². The van der Waals surface area contributed by atoms with Crippen LogP contribution in [0.15, 0.2) is 6.07 Å². The van der Waals surface area contributed by atoms with Crippen LogP contribution in [0.4, 0.5) is 5.69 Å². The summed E-state index contributed by atoms with van der Waals surface area (Å²) in [6.07, 6.45) is 1.40. The summed E-state index contributed by atoms with van der Waals surface area (Å²) in [5.74, 6) is 0.859. The zero-order valence-electron chi connectivity index (χ0n) is 12.1. The number of methoxy groups -OCH3 is 2. The Labute approximate surface area is 118 Å². The van der Waals surface area contributed by atoms with Gasteiger partial charge in [-0.2, -0.15) is 0 Å². The molecule has 0 aliphatic rings. The molecule has 0 radical (unpaired) electrons. The maximum atomic E-state index is 10.4. The predicted molar refractivity (Wildman–Crippen MR) is 75.7 cm³/mol. The van der Waals surface area contributed by atoms with E-state index in [1.807, 2.05) is 6.92 Å². The lowest BCUT2D eigenvalue weighted by molar-refractivity contribution is -0.137. The van der Waals surface area contributed by atoms with E-state index >= 15 is 0 Å². The first-order chi connectivity index (χ1) is 9.51. The van der Waals surface area contributed by atoms with Crippen LogP contribution in [-0.2, 0) is 4.79 Å². The molecule has 1 aromatic rings. The van der Waals surface area contributed by atoms with Gasteiger partial charge in [0.1, 0.15) is 17.2 Å². The van der Waals surface area contributed by atoms with Crippen molar-refractivity contribution in [2.24, 2.45) is 0 Å². The van der Waals surface area contributed by atoms with Gasteiger partial charge in [-0.3, -0.25) is 4.79 Å². The van der Waals surface area contributed by atoms with Gasteiger partial charge < -0.3 is 25.1 Å². The highest BCUT2D eigenvalue weighted by molar-refractivity contribution is 5.69. The molecule has 0 aromatic heterocycles. The summed E-state index contributed by atoms with van der Waals surface area (Å²) in [4.78, 5) is 10.4. The van der Waals surface area contributed by atoms with Crippen molar-refractivity contribution in [3.8, 4) is 17.2 Å². The highest BCUT2D eigenvalue weighted by Crippen LogP contribution is 2.40. The number of hydrogen-bond acceptors (Lipinski definition) is 5. The van der Waals surface area contributed by atoms with Crippen molar-refractivity contribution in [2.75, 3.05) is 26.6 Å². The molecule has 0 aliphatic heterocycles. The summed E-state index contributed by atoms with van der Waals surface area (Å²) in [6, 6.07) is 1.71. The Kier molecular flexibility index (Phi) is 5.96. The molecule has 0 atom stereocenters. The quantitative estimate of drug-likeness (QED) is 0.561. The summed E-state index contributed by atoms with van der Waals surface area (Å²) >= 11 is 0. The molecule has 0 bridgehead atoms. The minimum Gasteiger partial charge on any atom is -0.494 e. The molecule has 0 fully saturated rings. The van der Waals surface area contributed by atoms with E-state index < -0.39 is 5.97 Å². The summed E-state index contributed by atoms with van der Waals surface area (Å²) < 4.78 is 16.1. The standard InChI is InChI=1S/C14H21NO5/c1-9-10(20-7-5-4-6-12(16)17)8-11(18-2)13(15)14(9)19-3/h8H,4-7,15H2,1-3H3,(H,16,17). The molecule has 0 amide bonds. The average molecular weight is 283 g/mol. The normalized spacial score (nSPS) is 10.2. The first-order valence-electron chi connectivity index (χ1n) is 6.36. The summed E-state index contributed by atoms with van der Waals surface area (Å²) in [6.45, 7) is 2.28. The van der Waals surface area contributed by atoms with Crippen LogP contribution in [0, 0.1) is 6.92 Å². The zero-order valence-corrected chi connectivity index (χ0v) is 12.1. The van der Waals surface area contributed by atoms with Crippen molar-refractivity contribution >= 4 is 11.7 Å². The number of anilines is 1. The Balaban J connectivity index is 2.72. The molecule has 0 heterocycles. The van der Waals surface area contributed by atoms with Crippen LogP contribution in [0.3, 0.4) is 0 Å². The maximum Gasteiger partial charge on any atom is 0.303 e. The van der Waals surface area contributed by atoms with E-state index in [9.17, 15) is 4.79 Å². The minimum absolute atomic E-state index is 0.150. The molecule has 0 saturated carbocycles. The van der Waals surface area contributed by atoms with Crippen molar-refractivity contribution in [3.63, 3.8) is 0 Å². The number of rotatable bonds is 8. The van der Waals surface area contributed by atoms with Gasteiger partial charge in [0.2, 0.25) is 0 Å². The first kappa shape index (κ1) is 15.9. The number of unbranched alkanes of at least 4 members (excludes halogenated alkanes) is 1. The Morgan fingerprint density at radius 1 is 1.25 bits per heavy atom. The number of carboxylic acids is 1. The van der Waals surface area contributed by atoms with Crippen LogP contribution in [0.25, 0.3) is 0 Å². The van der Waals surface area contributed by atoms with Gasteiger partial charge in [0, 0.05) is 18.1 Å². The Morgan fingerprint density at radius 2 is 1.95 bits per heavy atom. The minimum atomic E-state index is -0.794. The smallest absolute Gasteiger partial charge is 0.303 e. The van der Waals surface area contributed by atoms with Crippen LogP contribution in [0.2, 0.25) is 0 Å². The number of carbonyl (C=O) groups is 1. The fourth-order valence-electron chi connectivity index (χ4n) is 1.87. The Hall–Kier alpha value is -2.11. The average Bonchev–Trinajstić information content (AvgIpc) is 2.41. The SMILES string of the molecule is COc1cc(OCCCCC(=O)O)c(C)c(OC)c1N. The third-order valence-corrected chi connectivity index (χ3v) is 2.95. The van der Waals surface area contributed by atoms with E-state index in [0.29, 0.717) is 42.4 Å². The largest absolute Gasteiger partial charge is 0.494 e. The first-order valence-corrected chi connectivity index (χ1v) is 6.36. The number of hydrogen-bond donors (Lipinski definition) is 2. The van der Waals surface area contributed by atoms with Gasteiger partial charge in [0.05, 0.1) is 20.8 Å². The van der Waals surface area contributed by atoms with E-state index in [0.717, 1.165) is 5.56 Å². The fraction of sp³-hybridized carbons (Fsp3) is 0.500. The molecule has 0 aliphatic carbocycles. The van der Waals surface area contributed by atoms with Gasteiger partial charge in [-0.25, -0.2) is 0 Å². The molecule has 0 unspecified atom stereocenters. The van der Waals surface area contributed by atoms with Crippen LogP contribution < -0.4 is 19.9 Å². The van der Waals surface area contributed by atoms with E-state index in [1.54, 1.807) is 6.07 Å². The monoisotopic (exact) mass is 283 g/mol. The van der Waals surface area contributed by atoms with E-state index in [1.165, 1.54) is 14.2 Å². The van der Waals surface area contributed by atoms with Gasteiger partial charge in [-0.05, 0) is 19.8 Å². The molecule has 0 spiro atoms. The van der Waals surface area contributed by atoms with Crippen LogP contribution in [0.1, 0.15) is 24.8 Å². The fourth-order valence-corrected chi connectivity index (χ4v) is 1.87. The maximum absolute atomic E-state index is 10.4. The second kappa shape index (κ2) is 7.47. The second-order valence-corrected chi connectivity index (χ2v) is 4.35. The van der Waals surface area contributed by atoms with E-state index in [4.69, 9.17) is 25.1 Å². The summed E-state index contributed by atoms with van der Waals surface area (Å²) in [7, 11) is 3.06. The summed E-state index contributed by atoms with van der Waals surface area (Å²) in [5, 5.41) is 8.55. The Bertz CT molecular complexity index is 473. The lowest BCUT2D eigenvalue weighted by Gasteiger charge is -2.16. The predicted octanol–water partition coefficient (Wildman–Crippen LogP) is 2.23. The van der Waals surface area contributed by atoms with Crippen LogP contribution >= 0.6 is 0 Å². The van der Waals surface area contributed by atoms with E-state index in [-0.39, 0.29) is 6.42 Å². The molecule has 0 saturated heterocycles. The van der Waals surface area contributed by atoms with Crippen molar-refractivity contribution in [3.05, 3.63) is 11.6 Å². The third-order valence-electron chi connectivity index (χ3n) is 2.95. The van der Waals surface area contributed by atoms with Gasteiger partial charge >= 0.3 is 5.97 Å². The highest BCUT2D eigenvalue weighted by atomic mass is 16.5. The van der Waals surface area contributed by atoms with Gasteiger partial charge in [-0.1, -0.05) is 0 Å².